The lowest BCUT2D eigenvalue weighted by Gasteiger charge is -2.27. The number of unbranched alkanes of at least 4 members (excludes halogenated alkanes) is 1. The fourth-order valence-corrected chi connectivity index (χ4v) is 3.53. The Bertz CT molecular complexity index is 541. The van der Waals surface area contributed by atoms with E-state index in [-0.39, 0.29) is 24.3 Å². The van der Waals surface area contributed by atoms with Gasteiger partial charge in [-0.3, -0.25) is 9.59 Å². The minimum atomic E-state index is -0.228. The highest BCUT2D eigenvalue weighted by molar-refractivity contribution is 5.94. The number of hydrogen-bond donors (Lipinski definition) is 2. The van der Waals surface area contributed by atoms with Crippen LogP contribution in [-0.2, 0) is 9.59 Å². The van der Waals surface area contributed by atoms with E-state index in [4.69, 9.17) is 4.52 Å². The first-order valence-corrected chi connectivity index (χ1v) is 9.96. The fraction of sp³-hybridized carbons (Fsp3) is 0.737. The van der Waals surface area contributed by atoms with Crippen LogP contribution in [0.3, 0.4) is 0 Å². The quantitative estimate of drug-likeness (QED) is 0.620. The van der Waals surface area contributed by atoms with Crippen molar-refractivity contribution in [1.82, 2.24) is 10.1 Å². The number of carbonyl (C=O) groups excluding carboxylic acids is 2. The van der Waals surface area contributed by atoms with Crippen molar-refractivity contribution in [2.45, 2.75) is 52.4 Å². The van der Waals surface area contributed by atoms with Gasteiger partial charge in [0.2, 0.25) is 11.8 Å². The van der Waals surface area contributed by atoms with E-state index < -0.39 is 0 Å². The van der Waals surface area contributed by atoms with Gasteiger partial charge in [0.25, 0.3) is 0 Å². The molecule has 146 valence electrons. The van der Waals surface area contributed by atoms with E-state index in [1.165, 1.54) is 37.1 Å². The van der Waals surface area contributed by atoms with E-state index in [0.717, 1.165) is 32.2 Å². The van der Waals surface area contributed by atoms with Crippen molar-refractivity contribution in [3.8, 4) is 0 Å². The van der Waals surface area contributed by atoms with Crippen molar-refractivity contribution in [1.29, 1.82) is 0 Å². The largest absolute Gasteiger partial charge is 0.363 e. The lowest BCUT2D eigenvalue weighted by molar-refractivity contribution is -0.886. The van der Waals surface area contributed by atoms with Crippen LogP contribution in [0.15, 0.2) is 16.9 Å². The number of quaternary nitrogens is 1. The monoisotopic (exact) mass is 365 g/mol. The molecule has 2 N–H and O–H groups in total. The van der Waals surface area contributed by atoms with Gasteiger partial charge in [0, 0.05) is 24.8 Å². The van der Waals surface area contributed by atoms with Crippen molar-refractivity contribution in [3.63, 3.8) is 0 Å². The summed E-state index contributed by atoms with van der Waals surface area (Å²) in [6, 6.07) is 1.59. The molecule has 0 unspecified atom stereocenters. The van der Waals surface area contributed by atoms with Gasteiger partial charge in [-0.15, -0.1) is 0 Å². The molecule has 0 aromatic carbocycles. The van der Waals surface area contributed by atoms with Gasteiger partial charge >= 0.3 is 0 Å². The van der Waals surface area contributed by atoms with E-state index in [1.807, 2.05) is 0 Å². The maximum Gasteiger partial charge on any atom is 0.245 e. The minimum absolute atomic E-state index is 0.00313. The van der Waals surface area contributed by atoms with Crippen LogP contribution < -0.4 is 10.2 Å². The predicted octanol–water partition coefficient (Wildman–Crippen LogP) is 1.34. The molecule has 1 aliphatic rings. The molecule has 1 aliphatic heterocycles. The standard InChI is InChI=1S/C19H32N4O3/c1-3-5-8-16(4-2)19(25)23(13-12-22-10-6-7-11-22)15-18(24)20-17-9-14-26-21-17/h9,14,16H,3-8,10-13,15H2,1-2H3,(H,20,21,24)/p+1/t16-/m0/s1. The molecule has 0 radical (unpaired) electrons. The second kappa shape index (κ2) is 11.0. The highest BCUT2D eigenvalue weighted by Crippen LogP contribution is 2.16. The maximum absolute atomic E-state index is 13.0. The zero-order valence-corrected chi connectivity index (χ0v) is 16.1. The third-order valence-corrected chi connectivity index (χ3v) is 5.15. The molecule has 7 heteroatoms. The molecule has 0 aliphatic carbocycles. The Morgan fingerprint density at radius 1 is 1.35 bits per heavy atom. The summed E-state index contributed by atoms with van der Waals surface area (Å²) in [5.74, 6) is 0.262. The normalized spacial score (nSPS) is 15.8. The summed E-state index contributed by atoms with van der Waals surface area (Å²) in [7, 11) is 0. The first-order chi connectivity index (χ1) is 12.6. The third-order valence-electron chi connectivity index (χ3n) is 5.15. The Balaban J connectivity index is 1.96. The summed E-state index contributed by atoms with van der Waals surface area (Å²) < 4.78 is 4.73. The number of carbonyl (C=O) groups is 2. The molecule has 1 atom stereocenters. The number of nitrogens with zero attached hydrogens (tertiary/aromatic N) is 2. The zero-order chi connectivity index (χ0) is 18.8. The second-order valence-electron chi connectivity index (χ2n) is 7.15. The van der Waals surface area contributed by atoms with Crippen LogP contribution in [-0.4, -0.2) is 54.6 Å². The summed E-state index contributed by atoms with van der Waals surface area (Å²) in [6.07, 6.45) is 7.75. The number of rotatable bonds is 11. The second-order valence-corrected chi connectivity index (χ2v) is 7.15. The summed E-state index contributed by atoms with van der Waals surface area (Å²) in [5.41, 5.74) is 0. The number of hydrogen-bond acceptors (Lipinski definition) is 4. The molecular weight excluding hydrogens is 332 g/mol. The molecule has 26 heavy (non-hydrogen) atoms. The highest BCUT2D eigenvalue weighted by atomic mass is 16.5. The average molecular weight is 365 g/mol. The first-order valence-electron chi connectivity index (χ1n) is 9.96. The first kappa shape index (κ1) is 20.4. The number of aromatic nitrogens is 1. The Labute approximate surface area is 156 Å². The summed E-state index contributed by atoms with van der Waals surface area (Å²) >= 11 is 0. The summed E-state index contributed by atoms with van der Waals surface area (Å²) in [4.78, 5) is 28.6. The smallest absolute Gasteiger partial charge is 0.245 e. The molecule has 2 rings (SSSR count). The zero-order valence-electron chi connectivity index (χ0n) is 16.1. The topological polar surface area (TPSA) is 79.9 Å². The van der Waals surface area contributed by atoms with E-state index in [1.54, 1.807) is 11.0 Å². The van der Waals surface area contributed by atoms with Crippen LogP contribution >= 0.6 is 0 Å². The van der Waals surface area contributed by atoms with E-state index >= 15 is 0 Å². The van der Waals surface area contributed by atoms with Crippen molar-refractivity contribution in [2.24, 2.45) is 5.92 Å². The van der Waals surface area contributed by atoms with Crippen LogP contribution in [0.5, 0.6) is 0 Å². The van der Waals surface area contributed by atoms with Crippen molar-refractivity contribution in [2.75, 3.05) is 38.0 Å². The van der Waals surface area contributed by atoms with Crippen molar-refractivity contribution >= 4 is 17.6 Å². The van der Waals surface area contributed by atoms with Gasteiger partial charge in [-0.25, -0.2) is 0 Å². The number of likely N-dealkylation sites (tertiary alicyclic amines) is 1. The van der Waals surface area contributed by atoms with Crippen molar-refractivity contribution in [3.05, 3.63) is 12.3 Å². The fourth-order valence-electron chi connectivity index (χ4n) is 3.53. The number of nitrogens with one attached hydrogen (secondary N) is 2. The van der Waals surface area contributed by atoms with Crippen LogP contribution in [0.2, 0.25) is 0 Å². The predicted molar refractivity (Wildman–Crippen MR) is 99.8 cm³/mol. The minimum Gasteiger partial charge on any atom is -0.363 e. The van der Waals surface area contributed by atoms with Crippen LogP contribution in [0.1, 0.15) is 52.4 Å². The Morgan fingerprint density at radius 3 is 2.73 bits per heavy atom. The maximum atomic E-state index is 13.0. The summed E-state index contributed by atoms with van der Waals surface area (Å²) in [5, 5.41) is 6.39. The van der Waals surface area contributed by atoms with Gasteiger partial charge in [-0.2, -0.15) is 0 Å². The van der Waals surface area contributed by atoms with Crippen LogP contribution in [0.25, 0.3) is 0 Å². The molecule has 0 saturated carbocycles. The van der Waals surface area contributed by atoms with E-state index in [0.29, 0.717) is 12.4 Å². The molecular formula is C19H33N4O3+. The van der Waals surface area contributed by atoms with Gasteiger partial charge in [0.05, 0.1) is 26.2 Å². The van der Waals surface area contributed by atoms with Gasteiger partial charge in [0.15, 0.2) is 5.82 Å². The molecule has 7 nitrogen and oxygen atoms in total. The lowest BCUT2D eigenvalue weighted by Crippen LogP contribution is -3.10. The van der Waals surface area contributed by atoms with E-state index in [9.17, 15) is 9.59 Å². The van der Waals surface area contributed by atoms with Crippen molar-refractivity contribution < 1.29 is 19.0 Å². The van der Waals surface area contributed by atoms with Crippen LogP contribution in [0, 0.1) is 5.92 Å². The SMILES string of the molecule is CCCC[C@H](CC)C(=O)N(CC[NH+]1CCCC1)CC(=O)Nc1ccon1. The Kier molecular flexibility index (Phi) is 8.61. The highest BCUT2D eigenvalue weighted by Gasteiger charge is 2.26. The molecule has 2 heterocycles. The van der Waals surface area contributed by atoms with Gasteiger partial charge in [-0.05, 0) is 12.8 Å². The molecule has 1 fully saturated rings. The molecule has 2 amide bonds. The molecule has 1 saturated heterocycles. The number of amides is 2. The third kappa shape index (κ3) is 6.44. The van der Waals surface area contributed by atoms with Gasteiger partial charge in [-0.1, -0.05) is 31.8 Å². The molecule has 0 spiro atoms. The van der Waals surface area contributed by atoms with Gasteiger partial charge in [0.1, 0.15) is 12.8 Å². The van der Waals surface area contributed by atoms with Gasteiger partial charge < -0.3 is 19.6 Å². The molecule has 1 aromatic rings. The Hall–Kier alpha value is -1.89. The number of anilines is 1. The van der Waals surface area contributed by atoms with E-state index in [2.05, 4.69) is 24.3 Å². The Morgan fingerprint density at radius 2 is 2.12 bits per heavy atom. The average Bonchev–Trinajstić information content (AvgIpc) is 3.32. The van der Waals surface area contributed by atoms with Crippen LogP contribution in [0.4, 0.5) is 5.82 Å². The molecule has 0 bridgehead atoms. The summed E-state index contributed by atoms with van der Waals surface area (Å²) in [6.45, 7) is 8.13. The molecule has 1 aromatic heterocycles. The lowest BCUT2D eigenvalue weighted by atomic mass is 9.97.